The van der Waals surface area contributed by atoms with E-state index in [-0.39, 0.29) is 18.4 Å². The number of amides is 2. The molecule has 0 saturated carbocycles. The largest absolute Gasteiger partial charge is 0.481 e. The fourth-order valence-corrected chi connectivity index (χ4v) is 5.44. The summed E-state index contributed by atoms with van der Waals surface area (Å²) < 4.78 is 11.0. The second-order valence-corrected chi connectivity index (χ2v) is 9.86. The van der Waals surface area contributed by atoms with Crippen LogP contribution in [0.1, 0.15) is 57.8 Å². The molecule has 2 amide bonds. The van der Waals surface area contributed by atoms with Crippen molar-refractivity contribution in [2.75, 3.05) is 17.2 Å². The van der Waals surface area contributed by atoms with Crippen molar-refractivity contribution in [3.63, 3.8) is 0 Å². The minimum atomic E-state index is -0.787. The molecule has 0 fully saturated rings. The standard InChI is InChI=1S/C27H27ClN2O5S/c1-3-34-27(33)23-19-8-4-7-11-22(19)36-26(23)30-25(32)17-12-14-18(15-13-17)35-16(2)24(31)29-21-10-6-5-9-20(21)28/h5-6,9-10,12-16H,3-4,7-8,11H2,1-2H3,(H,29,31)(H,30,32). The van der Waals surface area contributed by atoms with Gasteiger partial charge in [-0.3, -0.25) is 9.59 Å². The maximum atomic E-state index is 13.0. The summed E-state index contributed by atoms with van der Waals surface area (Å²) >= 11 is 7.54. The number of hydrogen-bond donors (Lipinski definition) is 2. The van der Waals surface area contributed by atoms with Crippen LogP contribution in [-0.2, 0) is 22.4 Å². The molecule has 9 heteroatoms. The smallest absolute Gasteiger partial charge is 0.341 e. The highest BCUT2D eigenvalue weighted by Gasteiger charge is 2.27. The number of hydrogen-bond acceptors (Lipinski definition) is 6. The van der Waals surface area contributed by atoms with E-state index in [1.54, 1.807) is 62.4 Å². The van der Waals surface area contributed by atoms with Gasteiger partial charge in [-0.25, -0.2) is 4.79 Å². The third-order valence-electron chi connectivity index (χ3n) is 5.81. The third kappa shape index (κ3) is 5.88. The molecule has 0 aliphatic heterocycles. The number of halogens is 1. The number of esters is 1. The number of para-hydroxylation sites is 1. The van der Waals surface area contributed by atoms with Gasteiger partial charge in [0.05, 0.1) is 22.9 Å². The van der Waals surface area contributed by atoms with Crippen LogP contribution in [0.3, 0.4) is 0 Å². The minimum absolute atomic E-state index is 0.271. The van der Waals surface area contributed by atoms with E-state index < -0.39 is 12.1 Å². The molecule has 2 N–H and O–H groups in total. The number of ether oxygens (including phenoxy) is 2. The summed E-state index contributed by atoms with van der Waals surface area (Å²) in [5, 5.41) is 6.59. The van der Waals surface area contributed by atoms with Crippen molar-refractivity contribution >= 4 is 51.4 Å². The lowest BCUT2D eigenvalue weighted by Gasteiger charge is -2.15. The molecule has 188 valence electrons. The van der Waals surface area contributed by atoms with Gasteiger partial charge in [-0.05, 0) is 81.5 Å². The van der Waals surface area contributed by atoms with Gasteiger partial charge in [-0.1, -0.05) is 23.7 Å². The van der Waals surface area contributed by atoms with Crippen molar-refractivity contribution in [1.29, 1.82) is 0 Å². The molecule has 3 aromatic rings. The van der Waals surface area contributed by atoms with Crippen molar-refractivity contribution in [3.8, 4) is 5.75 Å². The molecule has 1 aliphatic rings. The second kappa shape index (κ2) is 11.6. The highest BCUT2D eigenvalue weighted by Crippen LogP contribution is 2.39. The zero-order valence-electron chi connectivity index (χ0n) is 20.1. The molecular weight excluding hydrogens is 500 g/mol. The van der Waals surface area contributed by atoms with Crippen LogP contribution in [0.15, 0.2) is 48.5 Å². The Morgan fingerprint density at radius 2 is 1.75 bits per heavy atom. The number of rotatable bonds is 8. The van der Waals surface area contributed by atoms with Gasteiger partial charge < -0.3 is 20.1 Å². The summed E-state index contributed by atoms with van der Waals surface area (Å²) in [7, 11) is 0. The van der Waals surface area contributed by atoms with Crippen LogP contribution in [0.5, 0.6) is 5.75 Å². The highest BCUT2D eigenvalue weighted by molar-refractivity contribution is 7.17. The van der Waals surface area contributed by atoms with E-state index in [1.807, 2.05) is 0 Å². The van der Waals surface area contributed by atoms with E-state index in [4.69, 9.17) is 21.1 Å². The fourth-order valence-electron chi connectivity index (χ4n) is 3.99. The summed E-state index contributed by atoms with van der Waals surface area (Å²) in [5.74, 6) is -0.652. The Labute approximate surface area is 218 Å². The summed E-state index contributed by atoms with van der Waals surface area (Å²) in [6.07, 6.45) is 3.01. The molecule has 0 bridgehead atoms. The van der Waals surface area contributed by atoms with Gasteiger partial charge in [0.1, 0.15) is 10.8 Å². The maximum Gasteiger partial charge on any atom is 0.341 e. The SMILES string of the molecule is CCOC(=O)c1c(NC(=O)c2ccc(OC(C)C(=O)Nc3ccccc3Cl)cc2)sc2c1CCCC2. The first kappa shape index (κ1) is 25.7. The lowest BCUT2D eigenvalue weighted by atomic mass is 9.95. The number of aryl methyl sites for hydroxylation is 1. The van der Waals surface area contributed by atoms with Crippen LogP contribution >= 0.6 is 22.9 Å². The van der Waals surface area contributed by atoms with E-state index in [2.05, 4.69) is 10.6 Å². The monoisotopic (exact) mass is 526 g/mol. The first-order valence-electron chi connectivity index (χ1n) is 11.8. The number of anilines is 2. The maximum absolute atomic E-state index is 13.0. The average molecular weight is 527 g/mol. The predicted molar refractivity (Wildman–Crippen MR) is 141 cm³/mol. The van der Waals surface area contributed by atoms with Gasteiger partial charge in [-0.15, -0.1) is 11.3 Å². The lowest BCUT2D eigenvalue weighted by Crippen LogP contribution is -2.30. The Balaban J connectivity index is 1.42. The number of thiophene rings is 1. The Morgan fingerprint density at radius 1 is 1.03 bits per heavy atom. The van der Waals surface area contributed by atoms with Gasteiger partial charge in [-0.2, -0.15) is 0 Å². The topological polar surface area (TPSA) is 93.7 Å². The van der Waals surface area contributed by atoms with Crippen molar-refractivity contribution in [1.82, 2.24) is 0 Å². The molecule has 1 aromatic heterocycles. The Bertz CT molecular complexity index is 1270. The summed E-state index contributed by atoms with van der Waals surface area (Å²) in [4.78, 5) is 39.2. The molecule has 2 aromatic carbocycles. The second-order valence-electron chi connectivity index (χ2n) is 8.34. The van der Waals surface area contributed by atoms with Crippen molar-refractivity contribution in [2.45, 2.75) is 45.6 Å². The van der Waals surface area contributed by atoms with Gasteiger partial charge in [0, 0.05) is 10.4 Å². The first-order chi connectivity index (χ1) is 17.4. The quantitative estimate of drug-likeness (QED) is 0.345. The Hall–Kier alpha value is -3.36. The molecule has 0 spiro atoms. The van der Waals surface area contributed by atoms with Gasteiger partial charge in [0.15, 0.2) is 6.10 Å². The van der Waals surface area contributed by atoms with Crippen molar-refractivity contribution in [3.05, 3.63) is 75.1 Å². The molecule has 1 aliphatic carbocycles. The summed E-state index contributed by atoms with van der Waals surface area (Å²) in [6, 6.07) is 13.4. The molecule has 0 saturated heterocycles. The van der Waals surface area contributed by atoms with Crippen LogP contribution in [0.25, 0.3) is 0 Å². The number of carbonyl (C=O) groups is 3. The summed E-state index contributed by atoms with van der Waals surface area (Å²) in [6.45, 7) is 3.66. The van der Waals surface area contributed by atoms with E-state index in [0.29, 0.717) is 32.6 Å². The molecule has 1 atom stereocenters. The molecule has 36 heavy (non-hydrogen) atoms. The van der Waals surface area contributed by atoms with E-state index in [1.165, 1.54) is 11.3 Å². The number of fused-ring (bicyclic) bond motifs is 1. The van der Waals surface area contributed by atoms with Gasteiger partial charge in [0.2, 0.25) is 0 Å². The van der Waals surface area contributed by atoms with Crippen molar-refractivity contribution in [2.24, 2.45) is 0 Å². The average Bonchev–Trinajstić information content (AvgIpc) is 3.23. The fraction of sp³-hybridized carbons (Fsp3) is 0.296. The van der Waals surface area contributed by atoms with Crippen LogP contribution in [-0.4, -0.2) is 30.5 Å². The Kier molecular flexibility index (Phi) is 8.28. The van der Waals surface area contributed by atoms with E-state index >= 15 is 0 Å². The van der Waals surface area contributed by atoms with Crippen LogP contribution in [0, 0.1) is 0 Å². The molecule has 0 radical (unpaired) electrons. The normalized spacial score (nSPS) is 13.3. The van der Waals surface area contributed by atoms with Crippen LogP contribution in [0.4, 0.5) is 10.7 Å². The number of carbonyl (C=O) groups excluding carboxylic acids is 3. The van der Waals surface area contributed by atoms with Gasteiger partial charge >= 0.3 is 5.97 Å². The molecule has 1 unspecified atom stereocenters. The number of benzene rings is 2. The molecule has 7 nitrogen and oxygen atoms in total. The third-order valence-corrected chi connectivity index (χ3v) is 7.35. The predicted octanol–water partition coefficient (Wildman–Crippen LogP) is 6.12. The van der Waals surface area contributed by atoms with Crippen LogP contribution in [0.2, 0.25) is 5.02 Å². The molecular formula is C27H27ClN2O5S. The molecule has 4 rings (SSSR count). The van der Waals surface area contributed by atoms with Gasteiger partial charge in [0.25, 0.3) is 11.8 Å². The highest BCUT2D eigenvalue weighted by atomic mass is 35.5. The first-order valence-corrected chi connectivity index (χ1v) is 13.0. The minimum Gasteiger partial charge on any atom is -0.481 e. The van der Waals surface area contributed by atoms with E-state index in [0.717, 1.165) is 36.1 Å². The van der Waals surface area contributed by atoms with Crippen molar-refractivity contribution < 1.29 is 23.9 Å². The zero-order chi connectivity index (χ0) is 25.7. The van der Waals surface area contributed by atoms with E-state index in [9.17, 15) is 14.4 Å². The lowest BCUT2D eigenvalue weighted by molar-refractivity contribution is -0.122. The zero-order valence-corrected chi connectivity index (χ0v) is 21.6. The summed E-state index contributed by atoms with van der Waals surface area (Å²) in [5.41, 5.74) is 2.37. The Morgan fingerprint density at radius 3 is 2.47 bits per heavy atom. The molecule has 1 heterocycles. The van der Waals surface area contributed by atoms with Crippen LogP contribution < -0.4 is 15.4 Å². The number of nitrogens with one attached hydrogen (secondary N) is 2.